The molecule has 0 spiro atoms. The van der Waals surface area contributed by atoms with Crippen molar-refractivity contribution in [3.05, 3.63) is 95.6 Å². The number of carbonyl (C=O) groups excluding carboxylic acids is 1. The van der Waals surface area contributed by atoms with E-state index < -0.39 is 0 Å². The van der Waals surface area contributed by atoms with Crippen LogP contribution in [0.15, 0.2) is 84.5 Å². The fraction of sp³-hybridized carbons (Fsp3) is 0.472. The molecule has 1 saturated carbocycles. The van der Waals surface area contributed by atoms with Crippen LogP contribution in [0.5, 0.6) is 0 Å². The number of hydrogen-bond donors (Lipinski definition) is 2. The molecule has 0 saturated heterocycles. The van der Waals surface area contributed by atoms with Crippen molar-refractivity contribution in [3.8, 4) is 0 Å². The number of anilines is 1. The maximum atomic E-state index is 9.90. The van der Waals surface area contributed by atoms with Gasteiger partial charge in [-0.05, 0) is 80.7 Å². The van der Waals surface area contributed by atoms with Gasteiger partial charge in [0.1, 0.15) is 6.29 Å². The predicted molar refractivity (Wildman–Crippen MR) is 174 cm³/mol. The predicted octanol–water partition coefficient (Wildman–Crippen LogP) is 8.37. The molecule has 0 aliphatic heterocycles. The molecular weight excluding hydrogens is 492 g/mol. The van der Waals surface area contributed by atoms with Gasteiger partial charge >= 0.3 is 0 Å². The second kappa shape index (κ2) is 20.9. The second-order valence-corrected chi connectivity index (χ2v) is 10.8. The molecule has 3 N–H and O–H groups in total. The molecule has 1 aliphatic rings. The van der Waals surface area contributed by atoms with Gasteiger partial charge in [-0.25, -0.2) is 0 Å². The molecule has 220 valence electrons. The van der Waals surface area contributed by atoms with E-state index in [0.717, 1.165) is 30.2 Å². The smallest absolute Gasteiger partial charge is 0.116 e. The molecule has 0 aromatic heterocycles. The van der Waals surface area contributed by atoms with Crippen molar-refractivity contribution in [1.82, 2.24) is 0 Å². The van der Waals surface area contributed by atoms with Crippen LogP contribution in [0.25, 0.3) is 5.57 Å². The third kappa shape index (κ3) is 13.9. The van der Waals surface area contributed by atoms with Crippen molar-refractivity contribution in [2.75, 3.05) is 18.5 Å². The molecular formula is C36H54N2O2. The highest BCUT2D eigenvalue weighted by molar-refractivity contribution is 5.76. The number of nitrogens with zero attached hydrogens (tertiary/aromatic N) is 1. The number of likely N-dealkylation sites (N-methyl/N-ethyl adjacent to an activating group) is 1. The van der Waals surface area contributed by atoms with Crippen molar-refractivity contribution >= 4 is 17.5 Å². The molecule has 40 heavy (non-hydrogen) atoms. The van der Waals surface area contributed by atoms with Crippen LogP contribution in [0.1, 0.15) is 84.3 Å². The first-order valence-electron chi connectivity index (χ1n) is 14.9. The van der Waals surface area contributed by atoms with Gasteiger partial charge < -0.3 is 20.5 Å². The van der Waals surface area contributed by atoms with E-state index in [-0.39, 0.29) is 6.10 Å². The topological polar surface area (TPSA) is 66.6 Å². The SMILES string of the molecule is CC=O.C\C=C/C(=C\C=C(/C)[C@H]1CCC[C@H](C)CC1)c1ccc(N(C)CC(O)CC)cc1.NCc1ccccc1. The van der Waals surface area contributed by atoms with E-state index in [1.54, 1.807) is 0 Å². The minimum Gasteiger partial charge on any atom is -0.391 e. The van der Waals surface area contributed by atoms with Crippen LogP contribution in [-0.2, 0) is 11.3 Å². The number of aldehydes is 1. The highest BCUT2D eigenvalue weighted by Crippen LogP contribution is 2.31. The molecule has 0 radical (unpaired) electrons. The fourth-order valence-electron chi connectivity index (χ4n) is 4.80. The normalized spacial score (nSPS) is 18.5. The number of rotatable bonds is 9. The van der Waals surface area contributed by atoms with Gasteiger partial charge in [-0.1, -0.05) is 105 Å². The molecule has 3 atom stereocenters. The summed E-state index contributed by atoms with van der Waals surface area (Å²) in [6.45, 7) is 11.5. The van der Waals surface area contributed by atoms with Crippen molar-refractivity contribution in [3.63, 3.8) is 0 Å². The van der Waals surface area contributed by atoms with Crippen molar-refractivity contribution in [1.29, 1.82) is 0 Å². The number of nitrogens with two attached hydrogens (primary N) is 1. The Kier molecular flexibility index (Phi) is 18.3. The summed E-state index contributed by atoms with van der Waals surface area (Å²) in [7, 11) is 2.04. The first-order valence-corrected chi connectivity index (χ1v) is 14.9. The fourth-order valence-corrected chi connectivity index (χ4v) is 4.80. The second-order valence-electron chi connectivity index (χ2n) is 10.8. The standard InChI is InChI=1S/C27H41NO.C7H9N.C2H4O/c1-6-9-24(15-13-22(4)23-11-8-10-21(3)12-14-23)25-16-18-26(19-17-25)28(5)20-27(29)7-2;8-6-7-4-2-1-3-5-7;1-2-3/h6,9,13,15-19,21,23,27,29H,7-8,10-12,14,20H2,1-5H3;1-5H,6,8H2;2H,1H3/b9-6-,22-13+,24-15+;;/t21-,23-,27?;;/m0../s1. The zero-order valence-electron chi connectivity index (χ0n) is 25.9. The maximum Gasteiger partial charge on any atom is 0.116 e. The third-order valence-electron chi connectivity index (χ3n) is 7.45. The van der Waals surface area contributed by atoms with Crippen LogP contribution in [-0.4, -0.2) is 31.1 Å². The van der Waals surface area contributed by atoms with Gasteiger partial charge in [0, 0.05) is 25.8 Å². The summed E-state index contributed by atoms with van der Waals surface area (Å²) in [6.07, 6.45) is 17.0. The van der Waals surface area contributed by atoms with Crippen molar-refractivity contribution in [2.45, 2.75) is 85.8 Å². The monoisotopic (exact) mass is 546 g/mol. The summed E-state index contributed by atoms with van der Waals surface area (Å²) in [4.78, 5) is 10.9. The third-order valence-corrected chi connectivity index (χ3v) is 7.45. The average Bonchev–Trinajstić information content (AvgIpc) is 3.20. The van der Waals surface area contributed by atoms with Crippen LogP contribution in [0, 0.1) is 11.8 Å². The molecule has 0 bridgehead atoms. The molecule has 2 aromatic carbocycles. The van der Waals surface area contributed by atoms with Gasteiger partial charge in [0.15, 0.2) is 0 Å². The van der Waals surface area contributed by atoms with Crippen LogP contribution < -0.4 is 10.6 Å². The van der Waals surface area contributed by atoms with E-state index in [1.807, 2.05) is 44.3 Å². The summed E-state index contributed by atoms with van der Waals surface area (Å²) < 4.78 is 0. The van der Waals surface area contributed by atoms with Crippen LogP contribution >= 0.6 is 0 Å². The van der Waals surface area contributed by atoms with E-state index in [2.05, 4.69) is 74.2 Å². The number of carbonyl (C=O) groups is 1. The van der Waals surface area contributed by atoms with E-state index in [4.69, 9.17) is 10.5 Å². The largest absolute Gasteiger partial charge is 0.391 e. The zero-order valence-corrected chi connectivity index (χ0v) is 25.9. The molecule has 2 aromatic rings. The lowest BCUT2D eigenvalue weighted by Gasteiger charge is -2.22. The number of aliphatic hydroxyl groups is 1. The molecule has 4 heteroatoms. The van der Waals surface area contributed by atoms with Crippen molar-refractivity contribution < 1.29 is 9.90 Å². The first-order chi connectivity index (χ1) is 19.3. The Hall–Kier alpha value is -2.95. The van der Waals surface area contributed by atoms with Crippen LogP contribution in [0.2, 0.25) is 0 Å². The first kappa shape index (κ1) is 35.1. The number of benzene rings is 2. The van der Waals surface area contributed by atoms with Gasteiger partial charge in [0.25, 0.3) is 0 Å². The molecule has 1 aliphatic carbocycles. The number of aliphatic hydroxyl groups excluding tert-OH is 1. The number of allylic oxidation sites excluding steroid dienone is 6. The van der Waals surface area contributed by atoms with Crippen molar-refractivity contribution in [2.24, 2.45) is 17.6 Å². The summed E-state index contributed by atoms with van der Waals surface area (Å²) >= 11 is 0. The quantitative estimate of drug-likeness (QED) is 0.188. The molecule has 0 amide bonds. The molecule has 0 heterocycles. The minimum absolute atomic E-state index is 0.279. The molecule has 1 fully saturated rings. The lowest BCUT2D eigenvalue weighted by atomic mass is 9.91. The average molecular weight is 547 g/mol. The molecule has 1 unspecified atom stereocenters. The van der Waals surface area contributed by atoms with E-state index in [1.165, 1.54) is 61.3 Å². The van der Waals surface area contributed by atoms with Gasteiger partial charge in [-0.3, -0.25) is 0 Å². The van der Waals surface area contributed by atoms with Gasteiger partial charge in [-0.2, -0.15) is 0 Å². The van der Waals surface area contributed by atoms with Crippen LogP contribution in [0.4, 0.5) is 5.69 Å². The Bertz CT molecular complexity index is 1020. The van der Waals surface area contributed by atoms with Gasteiger partial charge in [-0.15, -0.1) is 0 Å². The summed E-state index contributed by atoms with van der Waals surface area (Å²) in [5.74, 6) is 1.63. The summed E-state index contributed by atoms with van der Waals surface area (Å²) in [6, 6.07) is 18.7. The lowest BCUT2D eigenvalue weighted by Crippen LogP contribution is -2.28. The number of hydrogen-bond acceptors (Lipinski definition) is 4. The highest BCUT2D eigenvalue weighted by atomic mass is 16.3. The summed E-state index contributed by atoms with van der Waals surface area (Å²) in [5, 5.41) is 9.90. The Morgan fingerprint density at radius 3 is 2.23 bits per heavy atom. The van der Waals surface area contributed by atoms with E-state index in [0.29, 0.717) is 13.1 Å². The highest BCUT2D eigenvalue weighted by Gasteiger charge is 2.17. The zero-order chi connectivity index (χ0) is 29.8. The van der Waals surface area contributed by atoms with E-state index in [9.17, 15) is 5.11 Å². The summed E-state index contributed by atoms with van der Waals surface area (Å²) in [5.41, 5.74) is 11.7. The Morgan fingerprint density at radius 2 is 1.68 bits per heavy atom. The molecule has 4 nitrogen and oxygen atoms in total. The Labute approximate surface area is 244 Å². The maximum absolute atomic E-state index is 9.90. The lowest BCUT2D eigenvalue weighted by molar-refractivity contribution is -0.106. The van der Waals surface area contributed by atoms with Gasteiger partial charge in [0.05, 0.1) is 6.10 Å². The van der Waals surface area contributed by atoms with E-state index >= 15 is 0 Å². The minimum atomic E-state index is -0.279. The molecule has 3 rings (SSSR count). The van der Waals surface area contributed by atoms with Crippen LogP contribution in [0.3, 0.4) is 0 Å². The Morgan fingerprint density at radius 1 is 1.02 bits per heavy atom. The Balaban J connectivity index is 0.000000606. The van der Waals surface area contributed by atoms with Gasteiger partial charge in [0.2, 0.25) is 0 Å².